The van der Waals surface area contributed by atoms with Crippen molar-refractivity contribution in [2.45, 2.75) is 76.4 Å². The van der Waals surface area contributed by atoms with E-state index in [1.165, 1.54) is 45.0 Å². The van der Waals surface area contributed by atoms with Gasteiger partial charge in [-0.1, -0.05) is 54.6 Å². The smallest absolute Gasteiger partial charge is 0.410 e. The number of hydrogen-bond donors (Lipinski definition) is 1. The van der Waals surface area contributed by atoms with Gasteiger partial charge in [-0.05, 0) is 44.7 Å². The van der Waals surface area contributed by atoms with E-state index in [2.05, 4.69) is 10.1 Å². The molecular formula is C35H41F3N6O5. The second-order valence-corrected chi connectivity index (χ2v) is 13.7. The van der Waals surface area contributed by atoms with Gasteiger partial charge in [-0.2, -0.15) is 18.3 Å². The van der Waals surface area contributed by atoms with Crippen molar-refractivity contribution in [3.63, 3.8) is 0 Å². The average molecular weight is 683 g/mol. The molecule has 11 nitrogen and oxygen atoms in total. The molecule has 49 heavy (non-hydrogen) atoms. The van der Waals surface area contributed by atoms with Crippen LogP contribution in [0.1, 0.15) is 57.1 Å². The van der Waals surface area contributed by atoms with E-state index in [-0.39, 0.29) is 43.6 Å². The molecule has 3 heterocycles. The van der Waals surface area contributed by atoms with Crippen LogP contribution in [-0.2, 0) is 29.7 Å². The van der Waals surface area contributed by atoms with Crippen LogP contribution in [-0.4, -0.2) is 83.8 Å². The number of hydrogen-bond acceptors (Lipinski definition) is 7. The number of aryl methyl sites for hydroxylation is 1. The summed E-state index contributed by atoms with van der Waals surface area (Å²) in [5, 5.41) is 15.8. The van der Waals surface area contributed by atoms with Crippen LogP contribution in [0.4, 0.5) is 18.0 Å². The molecule has 2 aromatic heterocycles. The van der Waals surface area contributed by atoms with E-state index in [1.54, 1.807) is 45.6 Å². The normalized spacial score (nSPS) is 15.7. The van der Waals surface area contributed by atoms with E-state index in [1.807, 2.05) is 24.3 Å². The Hall–Kier alpha value is -4.72. The molecule has 0 radical (unpaired) electrons. The monoisotopic (exact) mass is 682 g/mol. The maximum atomic E-state index is 13.8. The first-order valence-electron chi connectivity index (χ1n) is 16.0. The van der Waals surface area contributed by atoms with Crippen molar-refractivity contribution in [1.82, 2.24) is 29.1 Å². The molecule has 1 saturated heterocycles. The Balaban J connectivity index is 1.25. The molecule has 4 aromatic rings. The predicted molar refractivity (Wildman–Crippen MR) is 177 cm³/mol. The number of aliphatic hydroxyl groups is 1. The van der Waals surface area contributed by atoms with Crippen LogP contribution < -0.4 is 5.56 Å². The van der Waals surface area contributed by atoms with Gasteiger partial charge < -0.3 is 19.6 Å². The van der Waals surface area contributed by atoms with Crippen LogP contribution in [0.15, 0.2) is 65.7 Å². The van der Waals surface area contributed by atoms with E-state index < -0.39 is 47.3 Å². The summed E-state index contributed by atoms with van der Waals surface area (Å²) in [5.74, 6) is -2.57. The number of carbonyl (C=O) groups excluding carboxylic acids is 2. The third-order valence-corrected chi connectivity index (χ3v) is 8.65. The van der Waals surface area contributed by atoms with Gasteiger partial charge in [0, 0.05) is 45.7 Å². The first-order chi connectivity index (χ1) is 22.9. The molecule has 0 aliphatic carbocycles. The first-order valence-corrected chi connectivity index (χ1v) is 16.0. The predicted octanol–water partition coefficient (Wildman–Crippen LogP) is 5.25. The summed E-state index contributed by atoms with van der Waals surface area (Å²) in [6, 6.07) is 14.8. The van der Waals surface area contributed by atoms with Gasteiger partial charge in [-0.15, -0.1) is 0 Å². The van der Waals surface area contributed by atoms with Crippen LogP contribution in [0.2, 0.25) is 0 Å². The number of carbonyl (C=O) groups is 2. The Morgan fingerprint density at radius 1 is 1.02 bits per heavy atom. The number of aromatic nitrogens is 4. The Kier molecular flexibility index (Phi) is 9.91. The third-order valence-electron chi connectivity index (χ3n) is 8.65. The Bertz CT molecular complexity index is 1860. The number of likely N-dealkylation sites (tertiary alicyclic amines) is 1. The fourth-order valence-corrected chi connectivity index (χ4v) is 6.04. The lowest BCUT2D eigenvalue weighted by molar-refractivity contribution is -0.162. The molecule has 0 saturated carbocycles. The fourth-order valence-electron chi connectivity index (χ4n) is 6.04. The highest BCUT2D eigenvalue weighted by molar-refractivity contribution is 5.89. The van der Waals surface area contributed by atoms with Crippen molar-refractivity contribution in [1.29, 1.82) is 0 Å². The van der Waals surface area contributed by atoms with Gasteiger partial charge in [0.05, 0.1) is 30.1 Å². The highest BCUT2D eigenvalue weighted by Crippen LogP contribution is 2.38. The molecule has 1 aliphatic rings. The molecule has 262 valence electrons. The number of benzene rings is 2. The fraction of sp³-hybridized carbons (Fsp3) is 0.457. The standard InChI is InChI=1S/C35H41F3N6O5/c1-33(2,3)49-32(47)41(4)20-23-11-13-25(14-12-23)30-28-29(40-42(30)5)31(46)44(22-39-28)21-34(48)15-17-43(18-16-34)27(45)19-26(35(36,37)38)24-9-7-6-8-10-24/h6-14,22,26,48H,15-21H2,1-5H3/t26-/m1/s1. The van der Waals surface area contributed by atoms with Crippen molar-refractivity contribution in [3.05, 3.63) is 82.4 Å². The maximum absolute atomic E-state index is 13.8. The number of fused-ring (bicyclic) bond motifs is 1. The lowest BCUT2D eigenvalue weighted by Gasteiger charge is -2.39. The van der Waals surface area contributed by atoms with Crippen LogP contribution >= 0.6 is 0 Å². The zero-order valence-corrected chi connectivity index (χ0v) is 28.2. The number of amides is 2. The summed E-state index contributed by atoms with van der Waals surface area (Å²) in [5.41, 5.74) is 0.333. The third kappa shape index (κ3) is 8.30. The summed E-state index contributed by atoms with van der Waals surface area (Å²) < 4.78 is 49.7. The van der Waals surface area contributed by atoms with Crippen molar-refractivity contribution < 1.29 is 32.6 Å². The van der Waals surface area contributed by atoms with Crippen molar-refractivity contribution in [3.8, 4) is 11.3 Å². The number of piperidine rings is 1. The molecule has 1 fully saturated rings. The van der Waals surface area contributed by atoms with Crippen LogP contribution in [0.25, 0.3) is 22.3 Å². The molecule has 5 rings (SSSR count). The molecule has 1 N–H and O–H groups in total. The minimum Gasteiger partial charge on any atom is -0.444 e. The largest absolute Gasteiger partial charge is 0.444 e. The zero-order valence-electron chi connectivity index (χ0n) is 28.2. The highest BCUT2D eigenvalue weighted by Gasteiger charge is 2.43. The van der Waals surface area contributed by atoms with E-state index in [0.29, 0.717) is 17.8 Å². The van der Waals surface area contributed by atoms with Crippen molar-refractivity contribution >= 4 is 23.0 Å². The van der Waals surface area contributed by atoms with Gasteiger partial charge in [-0.25, -0.2) is 9.78 Å². The minimum atomic E-state index is -4.59. The molecule has 0 unspecified atom stereocenters. The summed E-state index contributed by atoms with van der Waals surface area (Å²) in [6.07, 6.45) is -4.24. The van der Waals surface area contributed by atoms with Gasteiger partial charge in [0.25, 0.3) is 5.56 Å². The van der Waals surface area contributed by atoms with Crippen molar-refractivity contribution in [2.75, 3.05) is 20.1 Å². The van der Waals surface area contributed by atoms with E-state index >= 15 is 0 Å². The molecular weight excluding hydrogens is 641 g/mol. The van der Waals surface area contributed by atoms with Crippen molar-refractivity contribution in [2.24, 2.45) is 7.05 Å². The molecule has 2 aromatic carbocycles. The SMILES string of the molecule is CN(Cc1ccc(-c2c3ncn(CC4(O)CCN(C(=O)C[C@H](c5ccccc5)C(F)(F)F)CC4)c(=O)c3nn2C)cc1)C(=O)OC(C)(C)C. The Labute approximate surface area is 281 Å². The van der Waals surface area contributed by atoms with E-state index in [9.17, 15) is 32.7 Å². The number of nitrogens with zero attached hydrogens (tertiary/aromatic N) is 6. The van der Waals surface area contributed by atoms with Gasteiger partial charge in [-0.3, -0.25) is 18.8 Å². The summed E-state index contributed by atoms with van der Waals surface area (Å²) in [6.45, 7) is 5.74. The Morgan fingerprint density at radius 2 is 1.65 bits per heavy atom. The number of ether oxygens (including phenoxy) is 1. The van der Waals surface area contributed by atoms with Gasteiger partial charge in [0.15, 0.2) is 5.52 Å². The Morgan fingerprint density at radius 3 is 2.24 bits per heavy atom. The molecule has 14 heteroatoms. The second kappa shape index (κ2) is 13.7. The highest BCUT2D eigenvalue weighted by atomic mass is 19.4. The summed E-state index contributed by atoms with van der Waals surface area (Å²) >= 11 is 0. The van der Waals surface area contributed by atoms with Gasteiger partial charge >= 0.3 is 12.3 Å². The van der Waals surface area contributed by atoms with Gasteiger partial charge in [0.2, 0.25) is 5.91 Å². The molecule has 0 spiro atoms. The maximum Gasteiger partial charge on any atom is 0.410 e. The first kappa shape index (κ1) is 35.6. The second-order valence-electron chi connectivity index (χ2n) is 13.7. The van der Waals surface area contributed by atoms with E-state index in [4.69, 9.17) is 4.74 Å². The van der Waals surface area contributed by atoms with Gasteiger partial charge in [0.1, 0.15) is 11.1 Å². The van der Waals surface area contributed by atoms with Crippen LogP contribution in [0.3, 0.4) is 0 Å². The number of rotatable bonds is 8. The summed E-state index contributed by atoms with van der Waals surface area (Å²) in [4.78, 5) is 46.1. The molecule has 1 aliphatic heterocycles. The minimum absolute atomic E-state index is 0.0250. The molecule has 2 amide bonds. The lowest BCUT2D eigenvalue weighted by atomic mass is 9.90. The zero-order chi connectivity index (χ0) is 35.7. The van der Waals surface area contributed by atoms with Crippen LogP contribution in [0.5, 0.6) is 0 Å². The number of halogens is 3. The van der Waals surface area contributed by atoms with E-state index in [0.717, 1.165) is 11.1 Å². The molecule has 0 bridgehead atoms. The van der Waals surface area contributed by atoms with Crippen LogP contribution in [0, 0.1) is 0 Å². The lowest BCUT2D eigenvalue weighted by Crippen LogP contribution is -2.50. The average Bonchev–Trinajstić information content (AvgIpc) is 3.37. The summed E-state index contributed by atoms with van der Waals surface area (Å²) in [7, 11) is 3.36. The topological polar surface area (TPSA) is 123 Å². The molecule has 1 atom stereocenters. The number of alkyl halides is 3. The quantitative estimate of drug-likeness (QED) is 0.269.